The van der Waals surface area contributed by atoms with Gasteiger partial charge < -0.3 is 24.3 Å². The van der Waals surface area contributed by atoms with E-state index in [1.165, 1.54) is 14.2 Å². The van der Waals surface area contributed by atoms with Crippen molar-refractivity contribution < 1.29 is 24.1 Å². The van der Waals surface area contributed by atoms with Gasteiger partial charge in [-0.3, -0.25) is 4.79 Å². The van der Waals surface area contributed by atoms with E-state index in [0.29, 0.717) is 39.6 Å². The summed E-state index contributed by atoms with van der Waals surface area (Å²) >= 11 is 0. The molecule has 0 aliphatic rings. The second kappa shape index (κ2) is 8.84. The van der Waals surface area contributed by atoms with E-state index in [4.69, 9.17) is 19.3 Å². The number of ether oxygens (including phenoxy) is 3. The zero-order valence-corrected chi connectivity index (χ0v) is 16.3. The lowest BCUT2D eigenvalue weighted by Crippen LogP contribution is -2.13. The lowest BCUT2D eigenvalue weighted by Gasteiger charge is -2.12. The first kappa shape index (κ1) is 20.5. The lowest BCUT2D eigenvalue weighted by atomic mass is 9.98. The number of nitriles is 1. The second-order valence-electron chi connectivity index (χ2n) is 6.19. The molecule has 152 valence electrons. The zero-order valence-electron chi connectivity index (χ0n) is 16.3. The molecule has 0 fully saturated rings. The Morgan fingerprint density at radius 1 is 1.07 bits per heavy atom. The second-order valence-corrected chi connectivity index (χ2v) is 6.19. The average molecular weight is 406 g/mol. The minimum absolute atomic E-state index is 0.0377. The van der Waals surface area contributed by atoms with Crippen LogP contribution in [0.1, 0.15) is 5.56 Å². The number of pyridine rings is 1. The van der Waals surface area contributed by atoms with Gasteiger partial charge in [0, 0.05) is 16.8 Å². The Labute approximate surface area is 171 Å². The van der Waals surface area contributed by atoms with E-state index >= 15 is 0 Å². The number of carboxylic acids is 1. The molecule has 0 bridgehead atoms. The summed E-state index contributed by atoms with van der Waals surface area (Å²) in [6.07, 6.45) is 0. The molecule has 1 aromatic heterocycles. The fourth-order valence-electron chi connectivity index (χ4n) is 2.96. The smallest absolute Gasteiger partial charge is 0.341 e. The van der Waals surface area contributed by atoms with Crippen LogP contribution < -0.4 is 19.8 Å². The van der Waals surface area contributed by atoms with Crippen molar-refractivity contribution in [1.82, 2.24) is 4.98 Å². The van der Waals surface area contributed by atoms with Crippen LogP contribution in [0, 0.1) is 11.3 Å². The Kier molecular flexibility index (Phi) is 6.03. The van der Waals surface area contributed by atoms with Crippen LogP contribution >= 0.6 is 0 Å². The number of methoxy groups -OCH3 is 2. The molecule has 0 aliphatic carbocycles. The summed E-state index contributed by atoms with van der Waals surface area (Å²) in [5.74, 6) is 0.230. The van der Waals surface area contributed by atoms with Crippen LogP contribution in [-0.4, -0.2) is 36.9 Å². The highest BCUT2D eigenvalue weighted by molar-refractivity contribution is 5.77. The Morgan fingerprint density at radius 2 is 1.83 bits per heavy atom. The van der Waals surface area contributed by atoms with Crippen LogP contribution in [0.2, 0.25) is 0 Å². The van der Waals surface area contributed by atoms with Gasteiger partial charge in [-0.15, -0.1) is 0 Å². The van der Waals surface area contributed by atoms with Crippen molar-refractivity contribution in [3.63, 3.8) is 0 Å². The van der Waals surface area contributed by atoms with E-state index in [1.807, 2.05) is 6.07 Å². The predicted octanol–water partition coefficient (Wildman–Crippen LogP) is 3.06. The number of H-pyrrole nitrogens is 1. The molecule has 1 heterocycles. The minimum atomic E-state index is -1.09. The van der Waals surface area contributed by atoms with E-state index in [2.05, 4.69) is 4.98 Å². The molecular weight excluding hydrogens is 388 g/mol. The van der Waals surface area contributed by atoms with Gasteiger partial charge in [-0.05, 0) is 35.9 Å². The third-order valence-corrected chi connectivity index (χ3v) is 4.35. The number of nitrogens with one attached hydrogen (secondary N) is 1. The molecule has 0 atom stereocenters. The molecule has 0 saturated heterocycles. The molecule has 3 rings (SSSR count). The number of aliphatic carboxylic acids is 1. The van der Waals surface area contributed by atoms with Crippen LogP contribution in [-0.2, 0) is 4.79 Å². The maximum absolute atomic E-state index is 12.6. The summed E-state index contributed by atoms with van der Waals surface area (Å²) in [6, 6.07) is 15.4. The van der Waals surface area contributed by atoms with Gasteiger partial charge in [0.1, 0.15) is 17.4 Å². The van der Waals surface area contributed by atoms with Gasteiger partial charge in [-0.1, -0.05) is 18.2 Å². The van der Waals surface area contributed by atoms with Gasteiger partial charge in [0.25, 0.3) is 5.56 Å². The monoisotopic (exact) mass is 406 g/mol. The van der Waals surface area contributed by atoms with Crippen molar-refractivity contribution in [3.05, 3.63) is 64.4 Å². The fourth-order valence-corrected chi connectivity index (χ4v) is 2.96. The summed E-state index contributed by atoms with van der Waals surface area (Å²) in [5.41, 5.74) is 1.50. The summed E-state index contributed by atoms with van der Waals surface area (Å²) < 4.78 is 15.8. The Morgan fingerprint density at radius 3 is 2.50 bits per heavy atom. The van der Waals surface area contributed by atoms with Crippen molar-refractivity contribution in [3.8, 4) is 45.7 Å². The van der Waals surface area contributed by atoms with Gasteiger partial charge in [0.05, 0.1) is 14.2 Å². The third kappa shape index (κ3) is 4.25. The number of hydrogen-bond donors (Lipinski definition) is 2. The first-order valence-electron chi connectivity index (χ1n) is 8.81. The third-order valence-electron chi connectivity index (χ3n) is 4.35. The number of aromatic nitrogens is 1. The molecule has 0 aliphatic heterocycles. The highest BCUT2D eigenvalue weighted by Gasteiger charge is 2.15. The van der Waals surface area contributed by atoms with E-state index < -0.39 is 18.1 Å². The van der Waals surface area contributed by atoms with Gasteiger partial charge in [0.15, 0.2) is 18.1 Å². The van der Waals surface area contributed by atoms with Gasteiger partial charge in [-0.25, -0.2) is 4.79 Å². The topological polar surface area (TPSA) is 122 Å². The van der Waals surface area contributed by atoms with E-state index in [0.717, 1.165) is 0 Å². The highest BCUT2D eigenvalue weighted by atomic mass is 16.5. The normalized spacial score (nSPS) is 10.2. The van der Waals surface area contributed by atoms with Gasteiger partial charge in [-0.2, -0.15) is 5.26 Å². The molecule has 2 N–H and O–H groups in total. The summed E-state index contributed by atoms with van der Waals surface area (Å²) in [5, 5.41) is 18.3. The van der Waals surface area contributed by atoms with E-state index in [-0.39, 0.29) is 5.56 Å². The van der Waals surface area contributed by atoms with Crippen LogP contribution in [0.3, 0.4) is 0 Å². The first-order chi connectivity index (χ1) is 14.5. The quantitative estimate of drug-likeness (QED) is 0.618. The number of rotatable bonds is 7. The minimum Gasteiger partial charge on any atom is -0.493 e. The maximum atomic E-state index is 12.6. The highest BCUT2D eigenvalue weighted by Crippen LogP contribution is 2.34. The van der Waals surface area contributed by atoms with Crippen molar-refractivity contribution >= 4 is 5.97 Å². The van der Waals surface area contributed by atoms with Crippen molar-refractivity contribution in [2.24, 2.45) is 0 Å². The van der Waals surface area contributed by atoms with Gasteiger partial charge in [0.2, 0.25) is 0 Å². The zero-order chi connectivity index (χ0) is 21.7. The number of aromatic amines is 1. The Balaban J connectivity index is 2.12. The molecule has 8 heteroatoms. The molecule has 0 unspecified atom stereocenters. The lowest BCUT2D eigenvalue weighted by molar-refractivity contribution is -0.139. The average Bonchev–Trinajstić information content (AvgIpc) is 2.76. The van der Waals surface area contributed by atoms with Gasteiger partial charge >= 0.3 is 5.97 Å². The molecule has 30 heavy (non-hydrogen) atoms. The number of hydrogen-bond acceptors (Lipinski definition) is 6. The van der Waals surface area contributed by atoms with Crippen molar-refractivity contribution in [2.75, 3.05) is 20.8 Å². The molecular formula is C22H18N2O6. The number of nitrogens with zero attached hydrogens (tertiary/aromatic N) is 1. The first-order valence-corrected chi connectivity index (χ1v) is 8.81. The van der Waals surface area contributed by atoms with Crippen LogP contribution in [0.5, 0.6) is 17.2 Å². The maximum Gasteiger partial charge on any atom is 0.341 e. The Bertz CT molecular complexity index is 1190. The van der Waals surface area contributed by atoms with Crippen molar-refractivity contribution in [1.29, 1.82) is 5.26 Å². The van der Waals surface area contributed by atoms with E-state index in [1.54, 1.807) is 48.5 Å². The molecule has 0 saturated carbocycles. The standard InChI is InChI=1S/C22H18N2O6/c1-28-19-7-6-13(9-20(19)29-2)16-10-18(24-22(27)17(16)11-23)14-4-3-5-15(8-14)30-12-21(25)26/h3-10H,12H2,1-2H3,(H,24,27)(H,25,26). The Hall–Kier alpha value is -4.25. The number of carbonyl (C=O) groups is 1. The van der Waals surface area contributed by atoms with Crippen LogP contribution in [0.25, 0.3) is 22.4 Å². The predicted molar refractivity (Wildman–Crippen MR) is 109 cm³/mol. The summed E-state index contributed by atoms with van der Waals surface area (Å²) in [6.45, 7) is -0.482. The SMILES string of the molecule is COc1ccc(-c2cc(-c3cccc(OCC(=O)O)c3)[nH]c(=O)c2C#N)cc1OC. The molecule has 2 aromatic carbocycles. The molecule has 0 amide bonds. The fraction of sp³-hybridized carbons (Fsp3) is 0.136. The van der Waals surface area contributed by atoms with Crippen LogP contribution in [0.4, 0.5) is 0 Å². The summed E-state index contributed by atoms with van der Waals surface area (Å²) in [4.78, 5) is 26.0. The number of benzene rings is 2. The largest absolute Gasteiger partial charge is 0.493 e. The van der Waals surface area contributed by atoms with E-state index in [9.17, 15) is 14.9 Å². The molecule has 0 spiro atoms. The number of carboxylic acid groups (broad SMARTS) is 1. The molecule has 3 aromatic rings. The molecule has 0 radical (unpaired) electrons. The molecule has 8 nitrogen and oxygen atoms in total. The van der Waals surface area contributed by atoms with Crippen LogP contribution in [0.15, 0.2) is 53.3 Å². The van der Waals surface area contributed by atoms with Crippen molar-refractivity contribution in [2.45, 2.75) is 0 Å². The summed E-state index contributed by atoms with van der Waals surface area (Å²) in [7, 11) is 3.02.